The molecule has 4 aromatic rings. The van der Waals surface area contributed by atoms with Gasteiger partial charge in [0.05, 0.1) is 23.3 Å². The van der Waals surface area contributed by atoms with Crippen LogP contribution in [0, 0.1) is 5.92 Å². The fraction of sp³-hybridized carbons (Fsp3) is 0.286. The van der Waals surface area contributed by atoms with E-state index in [4.69, 9.17) is 11.6 Å². The molecule has 5 rings (SSSR count). The van der Waals surface area contributed by atoms with E-state index in [9.17, 15) is 9.90 Å². The van der Waals surface area contributed by atoms with Crippen molar-refractivity contribution in [3.8, 4) is 17.0 Å². The highest BCUT2D eigenvalue weighted by Crippen LogP contribution is 2.35. The van der Waals surface area contributed by atoms with Gasteiger partial charge in [0, 0.05) is 19.2 Å². The summed E-state index contributed by atoms with van der Waals surface area (Å²) in [6, 6.07) is 11.9. The molecule has 7 nitrogen and oxygen atoms in total. The van der Waals surface area contributed by atoms with Crippen molar-refractivity contribution in [1.82, 2.24) is 24.1 Å². The maximum Gasteiger partial charge on any atom is 0.331 e. The molecular weight excluding hydrogens is 390 g/mol. The lowest BCUT2D eigenvalue weighted by molar-refractivity contribution is 0.429. The van der Waals surface area contributed by atoms with Gasteiger partial charge in [-0.1, -0.05) is 41.1 Å². The number of rotatable bonds is 5. The van der Waals surface area contributed by atoms with Gasteiger partial charge in [-0.05, 0) is 42.0 Å². The zero-order valence-corrected chi connectivity index (χ0v) is 16.7. The minimum Gasteiger partial charge on any atom is -0.493 e. The normalized spacial score (nSPS) is 14.0. The third kappa shape index (κ3) is 3.21. The van der Waals surface area contributed by atoms with Gasteiger partial charge >= 0.3 is 5.69 Å². The average molecular weight is 410 g/mol. The van der Waals surface area contributed by atoms with E-state index in [1.165, 1.54) is 35.2 Å². The fourth-order valence-corrected chi connectivity index (χ4v) is 3.93. The second-order valence-corrected chi connectivity index (χ2v) is 8.04. The predicted octanol–water partition coefficient (Wildman–Crippen LogP) is 3.42. The van der Waals surface area contributed by atoms with Gasteiger partial charge in [-0.25, -0.2) is 9.48 Å². The minimum atomic E-state index is -0.264. The fourth-order valence-electron chi connectivity index (χ4n) is 3.63. The van der Waals surface area contributed by atoms with E-state index in [0.717, 1.165) is 28.8 Å². The van der Waals surface area contributed by atoms with E-state index >= 15 is 0 Å². The average Bonchev–Trinajstić information content (AvgIpc) is 3.39. The van der Waals surface area contributed by atoms with Crippen molar-refractivity contribution < 1.29 is 5.11 Å². The molecule has 1 fully saturated rings. The molecule has 0 bridgehead atoms. The van der Waals surface area contributed by atoms with Crippen molar-refractivity contribution in [3.05, 3.63) is 63.7 Å². The first-order valence-corrected chi connectivity index (χ1v) is 9.95. The lowest BCUT2D eigenvalue weighted by Crippen LogP contribution is -2.22. The zero-order chi connectivity index (χ0) is 20.1. The van der Waals surface area contributed by atoms with Crippen LogP contribution in [0.25, 0.3) is 22.2 Å². The number of nitrogens with zero attached hydrogens (tertiary/aromatic N) is 5. The van der Waals surface area contributed by atoms with Crippen LogP contribution in [0.3, 0.4) is 0 Å². The van der Waals surface area contributed by atoms with Crippen molar-refractivity contribution in [2.45, 2.75) is 25.9 Å². The molecule has 2 aromatic heterocycles. The molecule has 0 aliphatic heterocycles. The number of aromatic nitrogens is 5. The van der Waals surface area contributed by atoms with E-state index < -0.39 is 0 Å². The van der Waals surface area contributed by atoms with Crippen LogP contribution in [0.2, 0.25) is 5.02 Å². The van der Waals surface area contributed by atoms with Crippen LogP contribution in [-0.4, -0.2) is 29.2 Å². The Morgan fingerprint density at radius 2 is 2.07 bits per heavy atom. The third-order valence-electron chi connectivity index (χ3n) is 5.49. The van der Waals surface area contributed by atoms with Crippen LogP contribution < -0.4 is 5.69 Å². The van der Waals surface area contributed by atoms with Gasteiger partial charge < -0.3 is 5.11 Å². The Kier molecular flexibility index (Phi) is 4.20. The van der Waals surface area contributed by atoms with Gasteiger partial charge in [-0.3, -0.25) is 9.13 Å². The highest BCUT2D eigenvalue weighted by atomic mass is 35.5. The Labute approximate surface area is 171 Å². The standard InChI is InChI=1S/C21H20ClN5O2/c1-25-18(28)12-26(21(25)29)10-14-3-2-4-15(9-14)16-7-8-17-20(19(16)22)23-24-27(17)11-13-5-6-13/h2-4,7-9,12-13,28H,5-6,10-11H2,1H3. The predicted molar refractivity (Wildman–Crippen MR) is 111 cm³/mol. The van der Waals surface area contributed by atoms with Gasteiger partial charge in [0.2, 0.25) is 5.88 Å². The molecule has 2 aromatic carbocycles. The second-order valence-electron chi connectivity index (χ2n) is 7.67. The Bertz CT molecular complexity index is 1280. The van der Waals surface area contributed by atoms with Gasteiger partial charge in [-0.2, -0.15) is 0 Å². The molecule has 0 unspecified atom stereocenters. The van der Waals surface area contributed by atoms with Crippen LogP contribution in [0.1, 0.15) is 18.4 Å². The van der Waals surface area contributed by atoms with E-state index in [2.05, 4.69) is 10.3 Å². The second kappa shape index (κ2) is 6.77. The number of imidazole rings is 1. The maximum atomic E-state index is 12.2. The molecule has 0 amide bonds. The highest BCUT2D eigenvalue weighted by molar-refractivity contribution is 6.37. The summed E-state index contributed by atoms with van der Waals surface area (Å²) in [5, 5.41) is 18.9. The van der Waals surface area contributed by atoms with Crippen molar-refractivity contribution >= 4 is 22.6 Å². The lowest BCUT2D eigenvalue weighted by Gasteiger charge is -2.09. The Hall–Kier alpha value is -3.06. The maximum absolute atomic E-state index is 12.2. The first-order valence-electron chi connectivity index (χ1n) is 9.57. The molecule has 0 spiro atoms. The van der Waals surface area contributed by atoms with Crippen molar-refractivity contribution in [3.63, 3.8) is 0 Å². The van der Waals surface area contributed by atoms with Gasteiger partial charge in [0.1, 0.15) is 5.52 Å². The minimum absolute atomic E-state index is 0.0612. The Morgan fingerprint density at radius 3 is 2.79 bits per heavy atom. The van der Waals surface area contributed by atoms with Crippen LogP contribution in [0.15, 0.2) is 47.4 Å². The summed E-state index contributed by atoms with van der Waals surface area (Å²) in [5.41, 5.74) is 4.15. The molecule has 1 aliphatic rings. The van der Waals surface area contributed by atoms with Crippen molar-refractivity contribution in [2.75, 3.05) is 0 Å². The summed E-state index contributed by atoms with van der Waals surface area (Å²) in [6.45, 7) is 1.25. The SMILES string of the molecule is Cn1c(O)cn(Cc2cccc(-c3ccc4c(nnn4CC4CC4)c3Cl)c2)c1=O. The van der Waals surface area contributed by atoms with E-state index in [1.807, 2.05) is 41.1 Å². The summed E-state index contributed by atoms with van der Waals surface area (Å²) < 4.78 is 4.62. The summed E-state index contributed by atoms with van der Waals surface area (Å²) >= 11 is 6.70. The molecule has 148 valence electrons. The van der Waals surface area contributed by atoms with Crippen molar-refractivity contribution in [2.24, 2.45) is 13.0 Å². The van der Waals surface area contributed by atoms with Crippen LogP contribution in [0.5, 0.6) is 5.88 Å². The molecule has 1 aliphatic carbocycles. The molecule has 1 saturated carbocycles. The number of aromatic hydroxyl groups is 1. The van der Waals surface area contributed by atoms with E-state index in [1.54, 1.807) is 0 Å². The molecular formula is C21H20ClN5O2. The summed E-state index contributed by atoms with van der Waals surface area (Å²) in [5.74, 6) is 0.643. The molecule has 8 heteroatoms. The molecule has 0 radical (unpaired) electrons. The summed E-state index contributed by atoms with van der Waals surface area (Å²) in [4.78, 5) is 12.2. The number of hydrogen-bond donors (Lipinski definition) is 1. The molecule has 2 heterocycles. The number of fused-ring (bicyclic) bond motifs is 1. The topological polar surface area (TPSA) is 77.9 Å². The first-order chi connectivity index (χ1) is 14.0. The first kappa shape index (κ1) is 18.0. The number of benzene rings is 2. The molecule has 0 atom stereocenters. The van der Waals surface area contributed by atoms with Crippen LogP contribution in [0.4, 0.5) is 0 Å². The van der Waals surface area contributed by atoms with Crippen LogP contribution >= 0.6 is 11.6 Å². The Morgan fingerprint density at radius 1 is 1.24 bits per heavy atom. The zero-order valence-electron chi connectivity index (χ0n) is 15.9. The smallest absolute Gasteiger partial charge is 0.331 e. The monoisotopic (exact) mass is 409 g/mol. The highest BCUT2D eigenvalue weighted by Gasteiger charge is 2.24. The summed E-state index contributed by atoms with van der Waals surface area (Å²) in [7, 11) is 1.54. The van der Waals surface area contributed by atoms with Crippen molar-refractivity contribution in [1.29, 1.82) is 0 Å². The van der Waals surface area contributed by atoms with E-state index in [-0.39, 0.29) is 11.6 Å². The number of halogens is 1. The quantitative estimate of drug-likeness (QED) is 0.548. The summed E-state index contributed by atoms with van der Waals surface area (Å²) in [6.07, 6.45) is 3.94. The lowest BCUT2D eigenvalue weighted by atomic mass is 10.0. The van der Waals surface area contributed by atoms with Crippen LogP contribution in [-0.2, 0) is 20.1 Å². The van der Waals surface area contributed by atoms with Gasteiger partial charge in [0.25, 0.3) is 0 Å². The van der Waals surface area contributed by atoms with Gasteiger partial charge in [-0.15, -0.1) is 5.10 Å². The number of hydrogen-bond acceptors (Lipinski definition) is 4. The molecule has 1 N–H and O–H groups in total. The van der Waals surface area contributed by atoms with Gasteiger partial charge in [0.15, 0.2) is 0 Å². The molecule has 0 saturated heterocycles. The third-order valence-corrected chi connectivity index (χ3v) is 5.87. The Balaban J connectivity index is 1.50. The van der Waals surface area contributed by atoms with E-state index in [0.29, 0.717) is 23.0 Å². The molecule has 29 heavy (non-hydrogen) atoms. The largest absolute Gasteiger partial charge is 0.493 e.